The van der Waals surface area contributed by atoms with Crippen LogP contribution in [0.1, 0.15) is 20.7 Å². The summed E-state index contributed by atoms with van der Waals surface area (Å²) in [5.74, 6) is -1.59. The van der Waals surface area contributed by atoms with E-state index in [0.717, 1.165) is 11.5 Å². The summed E-state index contributed by atoms with van der Waals surface area (Å²) in [7, 11) is 0. The van der Waals surface area contributed by atoms with Gasteiger partial charge in [0.1, 0.15) is 5.75 Å². The molecule has 0 unspecified atom stereocenters. The van der Waals surface area contributed by atoms with Gasteiger partial charge in [0.05, 0.1) is 5.56 Å². The third-order valence-corrected chi connectivity index (χ3v) is 3.08. The van der Waals surface area contributed by atoms with Gasteiger partial charge in [-0.05, 0) is 17.5 Å². The van der Waals surface area contributed by atoms with Crippen LogP contribution in [0.25, 0.3) is 10.8 Å². The topological polar surface area (TPSA) is 72.5 Å². The van der Waals surface area contributed by atoms with Crippen LogP contribution in [0.3, 0.4) is 0 Å². The number of esters is 1. The predicted molar refractivity (Wildman–Crippen MR) is 71.6 cm³/mol. The Hall–Kier alpha value is -2.95. The summed E-state index contributed by atoms with van der Waals surface area (Å²) in [5, 5.41) is 3.46. The molecule has 5 nitrogen and oxygen atoms in total. The number of nitrogens with one attached hydrogen (secondary N) is 1. The molecule has 2 aromatic carbocycles. The van der Waals surface area contributed by atoms with E-state index in [1.165, 1.54) is 6.07 Å². The molecule has 3 rings (SSSR count). The maximum absolute atomic E-state index is 12.0. The molecule has 20 heavy (non-hydrogen) atoms. The first-order chi connectivity index (χ1) is 9.61. The van der Waals surface area contributed by atoms with Gasteiger partial charge in [-0.15, -0.1) is 0 Å². The van der Waals surface area contributed by atoms with E-state index in [-0.39, 0.29) is 11.3 Å². The smallest absolute Gasteiger partial charge is 0.335 e. The van der Waals surface area contributed by atoms with E-state index in [1.807, 2.05) is 0 Å². The summed E-state index contributed by atoms with van der Waals surface area (Å²) in [6.45, 7) is 3.31. The van der Waals surface area contributed by atoms with Crippen LogP contribution in [0.2, 0.25) is 0 Å². The van der Waals surface area contributed by atoms with Crippen molar-refractivity contribution in [1.82, 2.24) is 5.32 Å². The molecular weight excluding hydrogens is 258 g/mol. The zero-order chi connectivity index (χ0) is 14.3. The molecule has 2 aromatic rings. The average molecular weight is 267 g/mol. The monoisotopic (exact) mass is 267 g/mol. The van der Waals surface area contributed by atoms with Crippen molar-refractivity contribution < 1.29 is 19.1 Å². The predicted octanol–water partition coefficient (Wildman–Crippen LogP) is 1.81. The molecule has 2 amide bonds. The first kappa shape index (κ1) is 12.1. The molecule has 5 heteroatoms. The van der Waals surface area contributed by atoms with Gasteiger partial charge in [0, 0.05) is 17.0 Å². The van der Waals surface area contributed by atoms with E-state index in [9.17, 15) is 14.4 Å². The zero-order valence-corrected chi connectivity index (χ0v) is 10.3. The number of benzene rings is 2. The number of carbonyl (C=O) groups excluding carboxylic acids is 3. The van der Waals surface area contributed by atoms with Gasteiger partial charge in [0.25, 0.3) is 11.8 Å². The molecule has 0 saturated carbocycles. The second-order valence-corrected chi connectivity index (χ2v) is 4.25. The van der Waals surface area contributed by atoms with Crippen LogP contribution in [0.15, 0.2) is 43.0 Å². The van der Waals surface area contributed by atoms with Gasteiger partial charge in [-0.3, -0.25) is 14.9 Å². The fourth-order valence-electron chi connectivity index (χ4n) is 2.24. The Balaban J connectivity index is 2.34. The molecule has 0 spiro atoms. The number of hydrogen-bond donors (Lipinski definition) is 1. The molecule has 1 aliphatic rings. The van der Waals surface area contributed by atoms with Crippen LogP contribution in [-0.4, -0.2) is 17.8 Å². The van der Waals surface area contributed by atoms with Crippen molar-refractivity contribution in [2.45, 2.75) is 0 Å². The lowest BCUT2D eigenvalue weighted by Gasteiger charge is -2.18. The van der Waals surface area contributed by atoms with Crippen molar-refractivity contribution in [3.63, 3.8) is 0 Å². The van der Waals surface area contributed by atoms with Gasteiger partial charge in [0.2, 0.25) is 0 Å². The summed E-state index contributed by atoms with van der Waals surface area (Å²) < 4.78 is 5.06. The highest BCUT2D eigenvalue weighted by Crippen LogP contribution is 2.33. The highest BCUT2D eigenvalue weighted by Gasteiger charge is 2.28. The van der Waals surface area contributed by atoms with Crippen LogP contribution < -0.4 is 10.1 Å². The maximum Gasteiger partial charge on any atom is 0.335 e. The Morgan fingerprint density at radius 2 is 1.95 bits per heavy atom. The van der Waals surface area contributed by atoms with E-state index in [0.29, 0.717) is 10.9 Å². The summed E-state index contributed by atoms with van der Waals surface area (Å²) in [5.41, 5.74) is 0.571. The lowest BCUT2D eigenvalue weighted by molar-refractivity contribution is -0.128. The van der Waals surface area contributed by atoms with Crippen molar-refractivity contribution >= 4 is 28.6 Å². The largest absolute Gasteiger partial charge is 0.423 e. The third kappa shape index (κ3) is 1.68. The Kier molecular flexibility index (Phi) is 2.61. The highest BCUT2D eigenvalue weighted by atomic mass is 16.5. The van der Waals surface area contributed by atoms with E-state index in [1.54, 1.807) is 24.3 Å². The molecule has 0 saturated heterocycles. The number of rotatable bonds is 2. The number of hydrogen-bond acceptors (Lipinski definition) is 4. The van der Waals surface area contributed by atoms with Crippen LogP contribution >= 0.6 is 0 Å². The molecule has 0 aliphatic carbocycles. The third-order valence-electron chi connectivity index (χ3n) is 3.08. The Labute approximate surface area is 113 Å². The van der Waals surface area contributed by atoms with Gasteiger partial charge >= 0.3 is 5.97 Å². The second kappa shape index (κ2) is 4.31. The zero-order valence-electron chi connectivity index (χ0n) is 10.3. The fraction of sp³-hybridized carbons (Fsp3) is 0. The first-order valence-electron chi connectivity index (χ1n) is 5.87. The molecule has 0 radical (unpaired) electrons. The van der Waals surface area contributed by atoms with Gasteiger partial charge in [0.15, 0.2) is 0 Å². The van der Waals surface area contributed by atoms with E-state index in [4.69, 9.17) is 4.74 Å². The number of ether oxygens (including phenoxy) is 1. The summed E-state index contributed by atoms with van der Waals surface area (Å²) >= 11 is 0. The first-order valence-corrected chi connectivity index (χ1v) is 5.87. The minimum Gasteiger partial charge on any atom is -0.423 e. The Morgan fingerprint density at radius 3 is 2.70 bits per heavy atom. The Bertz CT molecular complexity index is 792. The van der Waals surface area contributed by atoms with Crippen LogP contribution in [0.4, 0.5) is 0 Å². The van der Waals surface area contributed by atoms with Gasteiger partial charge < -0.3 is 4.74 Å². The van der Waals surface area contributed by atoms with Crippen molar-refractivity contribution in [3.05, 3.63) is 54.1 Å². The molecule has 98 valence electrons. The molecule has 0 aromatic heterocycles. The average Bonchev–Trinajstić information content (AvgIpc) is 2.45. The molecular formula is C15H9NO4. The lowest BCUT2D eigenvalue weighted by atomic mass is 9.94. The Morgan fingerprint density at radius 1 is 1.15 bits per heavy atom. The lowest BCUT2D eigenvalue weighted by Crippen LogP contribution is -2.35. The quantitative estimate of drug-likeness (QED) is 0.390. The minimum absolute atomic E-state index is 0.111. The second-order valence-electron chi connectivity index (χ2n) is 4.25. The van der Waals surface area contributed by atoms with Crippen molar-refractivity contribution in [2.75, 3.05) is 0 Å². The van der Waals surface area contributed by atoms with Crippen molar-refractivity contribution in [3.8, 4) is 5.75 Å². The standard InChI is InChI=1S/C15H9NO4/c1-2-11(17)20-10-7-6-8-4-3-5-9-12(8)13(10)15(19)16-14(9)18/h2-7H,1H2,(H,16,18,19). The van der Waals surface area contributed by atoms with E-state index < -0.39 is 17.8 Å². The molecule has 0 atom stereocenters. The number of carbonyl (C=O) groups is 3. The molecule has 1 N–H and O–H groups in total. The van der Waals surface area contributed by atoms with E-state index in [2.05, 4.69) is 11.9 Å². The van der Waals surface area contributed by atoms with Crippen LogP contribution in [0, 0.1) is 0 Å². The van der Waals surface area contributed by atoms with E-state index >= 15 is 0 Å². The maximum atomic E-state index is 12.0. The van der Waals surface area contributed by atoms with Crippen LogP contribution in [-0.2, 0) is 4.79 Å². The number of imide groups is 1. The molecule has 0 fully saturated rings. The highest BCUT2D eigenvalue weighted by molar-refractivity contribution is 6.26. The van der Waals surface area contributed by atoms with Gasteiger partial charge in [-0.1, -0.05) is 24.8 Å². The van der Waals surface area contributed by atoms with Gasteiger partial charge in [-0.25, -0.2) is 4.79 Å². The fourth-order valence-corrected chi connectivity index (χ4v) is 2.24. The van der Waals surface area contributed by atoms with Crippen molar-refractivity contribution in [2.24, 2.45) is 0 Å². The number of amides is 2. The minimum atomic E-state index is -0.664. The normalized spacial score (nSPS) is 13.0. The summed E-state index contributed by atoms with van der Waals surface area (Å²) in [6, 6.07) is 8.35. The van der Waals surface area contributed by atoms with Crippen molar-refractivity contribution in [1.29, 1.82) is 0 Å². The molecule has 0 bridgehead atoms. The summed E-state index contributed by atoms with van der Waals surface area (Å²) in [4.78, 5) is 35.2. The van der Waals surface area contributed by atoms with Gasteiger partial charge in [-0.2, -0.15) is 0 Å². The SMILES string of the molecule is C=CC(=O)Oc1ccc2cccc3c2c1C(=O)NC3=O. The van der Waals surface area contributed by atoms with Crippen LogP contribution in [0.5, 0.6) is 5.75 Å². The molecule has 1 aliphatic heterocycles. The summed E-state index contributed by atoms with van der Waals surface area (Å²) in [6.07, 6.45) is 1.01. The molecule has 1 heterocycles.